The van der Waals surface area contributed by atoms with Gasteiger partial charge >= 0.3 is 0 Å². The molecular formula is C13H16BrFN2. The first-order chi connectivity index (χ1) is 8.20. The predicted octanol–water partition coefficient (Wildman–Crippen LogP) is 3.64. The summed E-state index contributed by atoms with van der Waals surface area (Å²) in [4.78, 5) is 6.50. The van der Waals surface area contributed by atoms with Gasteiger partial charge in [0.05, 0.1) is 5.69 Å². The lowest BCUT2D eigenvalue weighted by Crippen LogP contribution is -2.30. The van der Waals surface area contributed by atoms with E-state index in [9.17, 15) is 4.39 Å². The molecule has 2 rings (SSSR count). The van der Waals surface area contributed by atoms with Crippen LogP contribution in [0.25, 0.3) is 5.83 Å². The van der Waals surface area contributed by atoms with E-state index in [-0.39, 0.29) is 5.83 Å². The molecule has 0 spiro atoms. The molecule has 0 N–H and O–H groups in total. The zero-order valence-electron chi connectivity index (χ0n) is 9.92. The second-order valence-corrected chi connectivity index (χ2v) is 5.01. The third-order valence-corrected chi connectivity index (χ3v) is 3.60. The number of nitrogens with zero attached hydrogens (tertiary/aromatic N) is 2. The van der Waals surface area contributed by atoms with Gasteiger partial charge in [-0.05, 0) is 53.0 Å². The Balaban J connectivity index is 2.16. The maximum atomic E-state index is 14.2. The lowest BCUT2D eigenvalue weighted by Gasteiger charge is -2.27. The molecule has 1 aliphatic heterocycles. The Bertz CT molecular complexity index is 421. The van der Waals surface area contributed by atoms with Crippen LogP contribution in [0.5, 0.6) is 0 Å². The molecule has 1 fully saturated rings. The van der Waals surface area contributed by atoms with Gasteiger partial charge in [-0.1, -0.05) is 13.0 Å². The fourth-order valence-corrected chi connectivity index (χ4v) is 2.41. The monoisotopic (exact) mass is 298 g/mol. The van der Waals surface area contributed by atoms with E-state index in [1.165, 1.54) is 0 Å². The summed E-state index contributed by atoms with van der Waals surface area (Å²) in [5.74, 6) is -0.137. The summed E-state index contributed by atoms with van der Waals surface area (Å²) in [5, 5.41) is 0. The zero-order chi connectivity index (χ0) is 12.3. The number of piperidine rings is 1. The smallest absolute Gasteiger partial charge is 0.148 e. The first-order valence-corrected chi connectivity index (χ1v) is 6.73. The maximum Gasteiger partial charge on any atom is 0.148 e. The van der Waals surface area contributed by atoms with Gasteiger partial charge < -0.3 is 4.90 Å². The summed E-state index contributed by atoms with van der Waals surface area (Å²) >= 11 is 3.27. The standard InChI is InChI=1S/C13H16BrFN2/c1-2-17-8-6-10(7-9-17)13(15)11-4-3-5-12(14)16-11/h3-5H,2,6-9H2,1H3. The number of hydrogen-bond acceptors (Lipinski definition) is 2. The van der Waals surface area contributed by atoms with Gasteiger partial charge in [-0.15, -0.1) is 0 Å². The number of aromatic nitrogens is 1. The highest BCUT2D eigenvalue weighted by atomic mass is 79.9. The molecule has 0 atom stereocenters. The minimum atomic E-state index is -0.137. The summed E-state index contributed by atoms with van der Waals surface area (Å²) in [6, 6.07) is 5.34. The highest BCUT2D eigenvalue weighted by Gasteiger charge is 2.17. The van der Waals surface area contributed by atoms with Crippen molar-refractivity contribution in [2.45, 2.75) is 19.8 Å². The number of hydrogen-bond donors (Lipinski definition) is 0. The Morgan fingerprint density at radius 2 is 2.12 bits per heavy atom. The van der Waals surface area contributed by atoms with Crippen LogP contribution in [0.4, 0.5) is 4.39 Å². The van der Waals surface area contributed by atoms with Crippen LogP contribution in [-0.4, -0.2) is 29.5 Å². The molecule has 2 heterocycles. The van der Waals surface area contributed by atoms with Crippen molar-refractivity contribution in [3.8, 4) is 0 Å². The lowest BCUT2D eigenvalue weighted by molar-refractivity contribution is 0.269. The number of likely N-dealkylation sites (tertiary alicyclic amines) is 1. The van der Waals surface area contributed by atoms with E-state index in [0.717, 1.165) is 38.0 Å². The molecule has 2 nitrogen and oxygen atoms in total. The van der Waals surface area contributed by atoms with Gasteiger partial charge in [0.15, 0.2) is 0 Å². The Kier molecular flexibility index (Phi) is 4.29. The number of pyridine rings is 1. The first-order valence-electron chi connectivity index (χ1n) is 5.93. The molecule has 0 radical (unpaired) electrons. The predicted molar refractivity (Wildman–Crippen MR) is 71.3 cm³/mol. The molecule has 17 heavy (non-hydrogen) atoms. The van der Waals surface area contributed by atoms with Crippen LogP contribution >= 0.6 is 15.9 Å². The molecule has 0 aromatic carbocycles. The van der Waals surface area contributed by atoms with Crippen molar-refractivity contribution in [3.05, 3.63) is 34.1 Å². The Morgan fingerprint density at radius 1 is 1.41 bits per heavy atom. The van der Waals surface area contributed by atoms with Crippen molar-refractivity contribution in [1.29, 1.82) is 0 Å². The quantitative estimate of drug-likeness (QED) is 0.775. The zero-order valence-corrected chi connectivity index (χ0v) is 11.5. The molecule has 0 amide bonds. The minimum Gasteiger partial charge on any atom is -0.303 e. The van der Waals surface area contributed by atoms with Crippen molar-refractivity contribution < 1.29 is 4.39 Å². The third kappa shape index (κ3) is 3.13. The summed E-state index contributed by atoms with van der Waals surface area (Å²) in [6.45, 7) is 5.09. The summed E-state index contributed by atoms with van der Waals surface area (Å²) in [6.07, 6.45) is 1.63. The van der Waals surface area contributed by atoms with Crippen LogP contribution in [0.15, 0.2) is 28.4 Å². The van der Waals surface area contributed by atoms with Crippen LogP contribution in [0.3, 0.4) is 0 Å². The van der Waals surface area contributed by atoms with Gasteiger partial charge in [0.1, 0.15) is 10.4 Å². The van der Waals surface area contributed by atoms with Gasteiger partial charge in [-0.25, -0.2) is 9.37 Å². The number of halogens is 2. The molecule has 0 saturated carbocycles. The van der Waals surface area contributed by atoms with Crippen molar-refractivity contribution >= 4 is 21.8 Å². The number of rotatable bonds is 2. The van der Waals surface area contributed by atoms with Gasteiger partial charge in [-0.2, -0.15) is 0 Å². The van der Waals surface area contributed by atoms with E-state index in [1.807, 2.05) is 6.07 Å². The van der Waals surface area contributed by atoms with E-state index in [2.05, 4.69) is 32.7 Å². The van der Waals surface area contributed by atoms with E-state index in [0.29, 0.717) is 10.3 Å². The summed E-state index contributed by atoms with van der Waals surface area (Å²) < 4.78 is 14.9. The molecule has 1 saturated heterocycles. The van der Waals surface area contributed by atoms with E-state index in [4.69, 9.17) is 0 Å². The molecule has 1 aliphatic rings. The SMILES string of the molecule is CCN1CCC(=C(F)c2cccc(Br)n2)CC1. The van der Waals surface area contributed by atoms with Crippen molar-refractivity contribution in [2.24, 2.45) is 0 Å². The molecule has 1 aromatic heterocycles. The van der Waals surface area contributed by atoms with Crippen molar-refractivity contribution in [1.82, 2.24) is 9.88 Å². The summed E-state index contributed by atoms with van der Waals surface area (Å²) in [5.41, 5.74) is 1.35. The molecule has 0 bridgehead atoms. The second-order valence-electron chi connectivity index (χ2n) is 4.20. The Morgan fingerprint density at radius 3 is 2.71 bits per heavy atom. The molecule has 4 heteroatoms. The molecular weight excluding hydrogens is 283 g/mol. The Hall–Kier alpha value is -0.740. The fourth-order valence-electron chi connectivity index (χ4n) is 2.07. The van der Waals surface area contributed by atoms with E-state index in [1.54, 1.807) is 12.1 Å². The van der Waals surface area contributed by atoms with Crippen LogP contribution < -0.4 is 0 Å². The fraction of sp³-hybridized carbons (Fsp3) is 0.462. The van der Waals surface area contributed by atoms with Crippen molar-refractivity contribution in [3.63, 3.8) is 0 Å². The lowest BCUT2D eigenvalue weighted by atomic mass is 10.0. The van der Waals surface area contributed by atoms with Gasteiger partial charge in [-0.3, -0.25) is 0 Å². The maximum absolute atomic E-state index is 14.2. The first kappa shape index (κ1) is 12.7. The van der Waals surface area contributed by atoms with Crippen molar-refractivity contribution in [2.75, 3.05) is 19.6 Å². The minimum absolute atomic E-state index is 0.137. The highest BCUT2D eigenvalue weighted by molar-refractivity contribution is 9.10. The van der Waals surface area contributed by atoms with Gasteiger partial charge in [0.25, 0.3) is 0 Å². The van der Waals surface area contributed by atoms with Crippen LogP contribution in [-0.2, 0) is 0 Å². The van der Waals surface area contributed by atoms with Crippen LogP contribution in [0.1, 0.15) is 25.5 Å². The van der Waals surface area contributed by atoms with Crippen LogP contribution in [0.2, 0.25) is 0 Å². The van der Waals surface area contributed by atoms with Crippen LogP contribution in [0, 0.1) is 0 Å². The van der Waals surface area contributed by atoms with E-state index < -0.39 is 0 Å². The average molecular weight is 299 g/mol. The molecule has 92 valence electrons. The van der Waals surface area contributed by atoms with Gasteiger partial charge in [0, 0.05) is 13.1 Å². The Labute approximate surface area is 110 Å². The topological polar surface area (TPSA) is 16.1 Å². The third-order valence-electron chi connectivity index (χ3n) is 3.16. The normalized spacial score (nSPS) is 17.2. The average Bonchev–Trinajstić information content (AvgIpc) is 2.38. The van der Waals surface area contributed by atoms with E-state index >= 15 is 0 Å². The molecule has 0 unspecified atom stereocenters. The molecule has 1 aromatic rings. The largest absolute Gasteiger partial charge is 0.303 e. The van der Waals surface area contributed by atoms with Gasteiger partial charge in [0.2, 0.25) is 0 Å². The molecule has 0 aliphatic carbocycles. The highest BCUT2D eigenvalue weighted by Crippen LogP contribution is 2.27. The second kappa shape index (κ2) is 5.74. The summed E-state index contributed by atoms with van der Waals surface area (Å²) in [7, 11) is 0.